The number of pyridine rings is 1. The number of hydrogen-bond donors (Lipinski definition) is 2. The first-order valence-corrected chi connectivity index (χ1v) is 6.72. The maximum atomic E-state index is 12.2. The molecule has 0 atom stereocenters. The smallest absolute Gasteiger partial charge is 0.255 e. The van der Waals surface area contributed by atoms with E-state index in [-0.39, 0.29) is 11.9 Å². The first kappa shape index (κ1) is 14.5. The van der Waals surface area contributed by atoms with Crippen molar-refractivity contribution < 1.29 is 4.79 Å². The van der Waals surface area contributed by atoms with Crippen LogP contribution in [0.3, 0.4) is 0 Å². The van der Waals surface area contributed by atoms with Crippen LogP contribution in [0.5, 0.6) is 0 Å². The van der Waals surface area contributed by atoms with Gasteiger partial charge in [-0.1, -0.05) is 20.8 Å². The molecule has 1 heterocycles. The summed E-state index contributed by atoms with van der Waals surface area (Å²) in [5.41, 5.74) is 0.623. The predicted octanol–water partition coefficient (Wildman–Crippen LogP) is 2.82. The minimum absolute atomic E-state index is 0.0459. The van der Waals surface area contributed by atoms with Crippen molar-refractivity contribution in [3.8, 4) is 0 Å². The molecule has 0 saturated heterocycles. The van der Waals surface area contributed by atoms with Crippen LogP contribution in [0.25, 0.3) is 0 Å². The van der Waals surface area contributed by atoms with Crippen molar-refractivity contribution in [2.24, 2.45) is 0 Å². The second kappa shape index (κ2) is 7.69. The van der Waals surface area contributed by atoms with E-state index < -0.39 is 0 Å². The number of carbonyl (C=O) groups excluding carboxylic acids is 1. The largest absolute Gasteiger partial charge is 0.369 e. The molecule has 2 N–H and O–H groups in total. The molecule has 1 aromatic heterocycles. The fourth-order valence-corrected chi connectivity index (χ4v) is 1.73. The number of anilines is 1. The first-order chi connectivity index (χ1) is 8.72. The number of nitrogens with zero attached hydrogens (tertiary/aromatic N) is 1. The van der Waals surface area contributed by atoms with E-state index in [1.165, 1.54) is 0 Å². The number of aromatic nitrogens is 1. The van der Waals surface area contributed by atoms with Gasteiger partial charge in [-0.25, -0.2) is 4.98 Å². The molecule has 1 amide bonds. The van der Waals surface area contributed by atoms with Crippen molar-refractivity contribution in [2.45, 2.75) is 46.1 Å². The summed E-state index contributed by atoms with van der Waals surface area (Å²) in [6, 6.07) is 3.83. The topological polar surface area (TPSA) is 54.0 Å². The van der Waals surface area contributed by atoms with Gasteiger partial charge in [-0.05, 0) is 31.4 Å². The zero-order valence-corrected chi connectivity index (χ0v) is 11.5. The van der Waals surface area contributed by atoms with Crippen molar-refractivity contribution in [3.63, 3.8) is 0 Å². The van der Waals surface area contributed by atoms with E-state index in [1.54, 1.807) is 12.3 Å². The molecule has 0 aromatic carbocycles. The molecule has 0 unspecified atom stereocenters. The van der Waals surface area contributed by atoms with Gasteiger partial charge < -0.3 is 10.6 Å². The Balaban J connectivity index is 2.77. The van der Waals surface area contributed by atoms with Crippen LogP contribution in [0.2, 0.25) is 0 Å². The van der Waals surface area contributed by atoms with Crippen molar-refractivity contribution in [2.75, 3.05) is 11.9 Å². The van der Waals surface area contributed by atoms with E-state index in [9.17, 15) is 4.79 Å². The van der Waals surface area contributed by atoms with Crippen molar-refractivity contribution >= 4 is 11.7 Å². The van der Waals surface area contributed by atoms with Crippen LogP contribution in [0.15, 0.2) is 18.3 Å². The molecule has 0 aliphatic carbocycles. The molecule has 100 valence electrons. The molecule has 0 fully saturated rings. The van der Waals surface area contributed by atoms with Crippen molar-refractivity contribution in [1.29, 1.82) is 0 Å². The molecule has 0 bridgehead atoms. The van der Waals surface area contributed by atoms with Crippen LogP contribution in [-0.2, 0) is 0 Å². The minimum atomic E-state index is -0.0459. The Labute approximate surface area is 109 Å². The lowest BCUT2D eigenvalue weighted by atomic mass is 10.1. The van der Waals surface area contributed by atoms with Gasteiger partial charge in [0.15, 0.2) is 0 Å². The van der Waals surface area contributed by atoms with Gasteiger partial charge in [0.1, 0.15) is 5.82 Å². The molecule has 0 aliphatic rings. The van der Waals surface area contributed by atoms with E-state index in [0.717, 1.165) is 25.8 Å². The molecule has 0 spiro atoms. The molecule has 0 aliphatic heterocycles. The second-order valence-corrected chi connectivity index (χ2v) is 4.31. The van der Waals surface area contributed by atoms with Gasteiger partial charge in [-0.15, -0.1) is 0 Å². The second-order valence-electron chi connectivity index (χ2n) is 4.31. The maximum absolute atomic E-state index is 12.2. The van der Waals surface area contributed by atoms with Crippen LogP contribution in [-0.4, -0.2) is 23.5 Å². The Morgan fingerprint density at radius 3 is 2.67 bits per heavy atom. The maximum Gasteiger partial charge on any atom is 0.255 e. The fourth-order valence-electron chi connectivity index (χ4n) is 1.73. The summed E-state index contributed by atoms with van der Waals surface area (Å²) in [5, 5.41) is 6.21. The van der Waals surface area contributed by atoms with E-state index >= 15 is 0 Å². The molecule has 18 heavy (non-hydrogen) atoms. The van der Waals surface area contributed by atoms with E-state index in [0.29, 0.717) is 11.4 Å². The van der Waals surface area contributed by atoms with Crippen molar-refractivity contribution in [3.05, 3.63) is 23.9 Å². The van der Waals surface area contributed by atoms with Crippen LogP contribution in [0.4, 0.5) is 5.82 Å². The molecule has 1 aromatic rings. The summed E-state index contributed by atoms with van der Waals surface area (Å²) in [6.07, 6.45) is 4.59. The van der Waals surface area contributed by atoms with Crippen LogP contribution in [0, 0.1) is 0 Å². The Morgan fingerprint density at radius 1 is 1.33 bits per heavy atom. The molecule has 0 saturated carbocycles. The number of carbonyl (C=O) groups is 1. The van der Waals surface area contributed by atoms with E-state index in [1.807, 2.05) is 6.07 Å². The van der Waals surface area contributed by atoms with Gasteiger partial charge >= 0.3 is 0 Å². The molecule has 0 radical (unpaired) electrons. The first-order valence-electron chi connectivity index (χ1n) is 6.72. The quantitative estimate of drug-likeness (QED) is 0.781. The normalized spacial score (nSPS) is 10.4. The number of rotatable bonds is 7. The Kier molecular flexibility index (Phi) is 6.19. The lowest BCUT2D eigenvalue weighted by Crippen LogP contribution is -2.34. The van der Waals surface area contributed by atoms with Crippen LogP contribution < -0.4 is 10.6 Å². The van der Waals surface area contributed by atoms with E-state index in [2.05, 4.69) is 36.4 Å². The molecule has 4 heteroatoms. The standard InChI is InChI=1S/C14H23N3O/c1-4-9-15-13-12(8-7-10-16-13)14(18)17-11(5-2)6-3/h7-8,10-11H,4-6,9H2,1-3H3,(H,15,16)(H,17,18). The molecule has 4 nitrogen and oxygen atoms in total. The predicted molar refractivity (Wildman–Crippen MR) is 74.9 cm³/mol. The zero-order chi connectivity index (χ0) is 13.4. The fraction of sp³-hybridized carbons (Fsp3) is 0.571. The van der Waals surface area contributed by atoms with E-state index in [4.69, 9.17) is 0 Å². The highest BCUT2D eigenvalue weighted by atomic mass is 16.1. The highest BCUT2D eigenvalue weighted by molar-refractivity contribution is 5.98. The zero-order valence-electron chi connectivity index (χ0n) is 11.5. The minimum Gasteiger partial charge on any atom is -0.369 e. The molecular weight excluding hydrogens is 226 g/mol. The van der Waals surface area contributed by atoms with Gasteiger partial charge in [0.2, 0.25) is 0 Å². The Hall–Kier alpha value is -1.58. The van der Waals surface area contributed by atoms with Gasteiger partial charge in [-0.3, -0.25) is 4.79 Å². The number of amides is 1. The highest BCUT2D eigenvalue weighted by Crippen LogP contribution is 2.12. The lowest BCUT2D eigenvalue weighted by molar-refractivity contribution is 0.0935. The summed E-state index contributed by atoms with van der Waals surface area (Å²) in [5.74, 6) is 0.623. The lowest BCUT2D eigenvalue weighted by Gasteiger charge is -2.16. The average Bonchev–Trinajstić information content (AvgIpc) is 2.42. The van der Waals surface area contributed by atoms with Gasteiger partial charge in [-0.2, -0.15) is 0 Å². The summed E-state index contributed by atoms with van der Waals surface area (Å²) in [7, 11) is 0. The summed E-state index contributed by atoms with van der Waals surface area (Å²) in [6.45, 7) is 7.06. The summed E-state index contributed by atoms with van der Waals surface area (Å²) < 4.78 is 0. The Morgan fingerprint density at radius 2 is 2.06 bits per heavy atom. The third kappa shape index (κ3) is 4.02. The van der Waals surface area contributed by atoms with Gasteiger partial charge in [0.05, 0.1) is 5.56 Å². The third-order valence-corrected chi connectivity index (χ3v) is 2.92. The number of hydrogen-bond acceptors (Lipinski definition) is 3. The molecular formula is C14H23N3O. The van der Waals surface area contributed by atoms with Crippen molar-refractivity contribution in [1.82, 2.24) is 10.3 Å². The number of nitrogens with one attached hydrogen (secondary N) is 2. The third-order valence-electron chi connectivity index (χ3n) is 2.92. The SMILES string of the molecule is CCCNc1ncccc1C(=O)NC(CC)CC. The van der Waals surface area contributed by atoms with Gasteiger partial charge in [0.25, 0.3) is 5.91 Å². The average molecular weight is 249 g/mol. The highest BCUT2D eigenvalue weighted by Gasteiger charge is 2.14. The Bertz CT molecular complexity index is 375. The summed E-state index contributed by atoms with van der Waals surface area (Å²) in [4.78, 5) is 16.4. The summed E-state index contributed by atoms with van der Waals surface area (Å²) >= 11 is 0. The van der Waals surface area contributed by atoms with Crippen LogP contribution in [0.1, 0.15) is 50.4 Å². The van der Waals surface area contributed by atoms with Crippen LogP contribution >= 0.6 is 0 Å². The monoisotopic (exact) mass is 249 g/mol. The van der Waals surface area contributed by atoms with Gasteiger partial charge in [0, 0.05) is 18.8 Å². The molecule has 1 rings (SSSR count).